The molecule has 18 atom stereocenters. The van der Waals surface area contributed by atoms with Crippen molar-refractivity contribution in [3.05, 3.63) is 0 Å². The van der Waals surface area contributed by atoms with Gasteiger partial charge in [0.1, 0.15) is 16.5 Å². The van der Waals surface area contributed by atoms with E-state index < -0.39 is 0 Å². The molecule has 0 aromatic carbocycles. The minimum atomic E-state index is -0.357. The quantitative estimate of drug-likeness (QED) is 0.247. The summed E-state index contributed by atoms with van der Waals surface area (Å²) in [6.07, 6.45) is 9.33. The van der Waals surface area contributed by atoms with Crippen LogP contribution in [0.5, 0.6) is 0 Å². The topological polar surface area (TPSA) is 55.4 Å². The standard InChI is InChI=1S/C36H60O6S2/c1-19-9-11-25-27-23(5)17-43-33(39-27)26-12-10-20(2)29(38-26)31-22(4)14-16-36(8,42-31)34-40-32(24(6)18-44-34)35(7)15-13-21(3)30(41-35)28(19)37-25/h19-34H,9-18H2,1-8H3/t19-,20+,21-,22+,23+,24+,25+,26-,27+,28-,29+,30-,31+,32+,33-,34-,35+,36-/m0/s1. The predicted molar refractivity (Wildman–Crippen MR) is 178 cm³/mol. The molecule has 0 unspecified atom stereocenters. The van der Waals surface area contributed by atoms with Crippen LogP contribution in [0.2, 0.25) is 0 Å². The van der Waals surface area contributed by atoms with Crippen molar-refractivity contribution < 1.29 is 28.4 Å². The highest BCUT2D eigenvalue weighted by molar-refractivity contribution is 8.00. The SMILES string of the molecule is C[C@@H]1CS[C@@H]2O[C@H]1[C@H]1CC[C@H](C)[C@H](O1)[C@H]1O[C@](C)(CC[C@@H]1C)[C@@H]1O[C@@H](SC[C@H]1C)[C@]1(C)CC[C@@H](C)[C@@H](O1)[C@@H]1O[C@H]2CC[C@H]1C. The molecule has 12 bridgehead atoms. The molecule has 7 rings (SSSR count). The number of ether oxygens (including phenoxy) is 6. The third-order valence-corrected chi connectivity index (χ3v) is 15.9. The third kappa shape index (κ3) is 5.98. The van der Waals surface area contributed by atoms with Crippen molar-refractivity contribution in [3.8, 4) is 0 Å². The van der Waals surface area contributed by atoms with Gasteiger partial charge in [-0.25, -0.2) is 0 Å². The first-order chi connectivity index (χ1) is 21.0. The van der Waals surface area contributed by atoms with Crippen molar-refractivity contribution in [2.24, 2.45) is 35.5 Å². The molecule has 7 heterocycles. The Hall–Kier alpha value is 0.460. The smallest absolute Gasteiger partial charge is 0.132 e. The molecule has 44 heavy (non-hydrogen) atoms. The molecule has 6 nitrogen and oxygen atoms in total. The summed E-state index contributed by atoms with van der Waals surface area (Å²) in [5.74, 6) is 4.84. The molecule has 252 valence electrons. The van der Waals surface area contributed by atoms with Gasteiger partial charge in [-0.1, -0.05) is 41.5 Å². The molecule has 0 saturated carbocycles. The van der Waals surface area contributed by atoms with E-state index in [-0.39, 0.29) is 70.9 Å². The molecule has 0 aromatic heterocycles. The normalized spacial score (nSPS) is 58.4. The monoisotopic (exact) mass is 652 g/mol. The summed E-state index contributed by atoms with van der Waals surface area (Å²) in [6, 6.07) is 0. The summed E-state index contributed by atoms with van der Waals surface area (Å²) in [5, 5.41) is 0. The lowest BCUT2D eigenvalue weighted by Crippen LogP contribution is -2.63. The average molecular weight is 653 g/mol. The van der Waals surface area contributed by atoms with E-state index in [1.54, 1.807) is 0 Å². The van der Waals surface area contributed by atoms with Gasteiger partial charge in [-0.15, -0.1) is 23.5 Å². The Kier molecular flexibility index (Phi) is 9.54. The molecule has 0 N–H and O–H groups in total. The van der Waals surface area contributed by atoms with E-state index >= 15 is 0 Å². The molecule has 0 aliphatic carbocycles. The lowest BCUT2D eigenvalue weighted by Gasteiger charge is -2.56. The fraction of sp³-hybridized carbons (Fsp3) is 1.00. The molecule has 0 spiro atoms. The Morgan fingerprint density at radius 3 is 1.70 bits per heavy atom. The van der Waals surface area contributed by atoms with E-state index in [1.165, 1.54) is 0 Å². The van der Waals surface area contributed by atoms with Gasteiger partial charge in [-0.3, -0.25) is 0 Å². The highest BCUT2D eigenvalue weighted by Crippen LogP contribution is 2.51. The third-order valence-electron chi connectivity index (χ3n) is 12.8. The van der Waals surface area contributed by atoms with Gasteiger partial charge < -0.3 is 28.4 Å². The zero-order valence-electron chi connectivity index (χ0n) is 28.6. The van der Waals surface area contributed by atoms with Crippen molar-refractivity contribution in [2.75, 3.05) is 11.5 Å². The van der Waals surface area contributed by atoms with Gasteiger partial charge in [-0.2, -0.15) is 0 Å². The Morgan fingerprint density at radius 1 is 0.477 bits per heavy atom. The molecule has 7 aliphatic rings. The average Bonchev–Trinajstić information content (AvgIpc) is 3.01. The summed E-state index contributed by atoms with van der Waals surface area (Å²) in [6.45, 7) is 18.9. The lowest BCUT2D eigenvalue weighted by molar-refractivity contribution is -0.290. The van der Waals surface area contributed by atoms with Gasteiger partial charge in [0.15, 0.2) is 0 Å². The molecule has 7 fully saturated rings. The van der Waals surface area contributed by atoms with Gasteiger partial charge in [0.25, 0.3) is 0 Å². The van der Waals surface area contributed by atoms with Crippen LogP contribution in [-0.4, -0.2) is 82.4 Å². The number of thioether (sulfide) groups is 2. The molecule has 7 saturated heterocycles. The second kappa shape index (κ2) is 12.7. The Labute approximate surface area is 275 Å². The highest BCUT2D eigenvalue weighted by atomic mass is 32.2. The van der Waals surface area contributed by atoms with E-state index in [0.717, 1.165) is 62.9 Å². The molecule has 7 aliphatic heterocycles. The van der Waals surface area contributed by atoms with Crippen molar-refractivity contribution >= 4 is 23.5 Å². The lowest BCUT2D eigenvalue weighted by atomic mass is 9.76. The summed E-state index contributed by atoms with van der Waals surface area (Å²) in [4.78, 5) is 0. The predicted octanol–water partition coefficient (Wildman–Crippen LogP) is 7.70. The first-order valence-corrected chi connectivity index (χ1v) is 20.3. The van der Waals surface area contributed by atoms with Crippen molar-refractivity contribution in [1.29, 1.82) is 0 Å². The van der Waals surface area contributed by atoms with Crippen LogP contribution >= 0.6 is 23.5 Å². The number of fused-ring (bicyclic) bond motifs is 18. The van der Waals surface area contributed by atoms with Crippen LogP contribution in [0.3, 0.4) is 0 Å². The summed E-state index contributed by atoms with van der Waals surface area (Å²) in [5.41, 5.74) is -0.673. The van der Waals surface area contributed by atoms with E-state index in [0.29, 0.717) is 35.5 Å². The minimum absolute atomic E-state index is 0.0146. The van der Waals surface area contributed by atoms with Gasteiger partial charge in [0, 0.05) is 11.5 Å². The van der Waals surface area contributed by atoms with Gasteiger partial charge in [0.05, 0.1) is 54.4 Å². The molecule has 0 radical (unpaired) electrons. The summed E-state index contributed by atoms with van der Waals surface area (Å²) < 4.78 is 43.2. The fourth-order valence-corrected chi connectivity index (χ4v) is 12.4. The van der Waals surface area contributed by atoms with Crippen LogP contribution < -0.4 is 0 Å². The van der Waals surface area contributed by atoms with Crippen LogP contribution in [0, 0.1) is 35.5 Å². The number of hydrogen-bond acceptors (Lipinski definition) is 8. The van der Waals surface area contributed by atoms with Crippen molar-refractivity contribution in [2.45, 2.75) is 178 Å². The molecule has 0 amide bonds. The Morgan fingerprint density at radius 2 is 1.02 bits per heavy atom. The van der Waals surface area contributed by atoms with Crippen LogP contribution in [0.25, 0.3) is 0 Å². The second-order valence-corrected chi connectivity index (χ2v) is 18.9. The first-order valence-electron chi connectivity index (χ1n) is 18.2. The van der Waals surface area contributed by atoms with Gasteiger partial charge >= 0.3 is 0 Å². The summed E-state index contributed by atoms with van der Waals surface area (Å²) in [7, 11) is 0. The minimum Gasteiger partial charge on any atom is -0.369 e. The first kappa shape index (κ1) is 33.0. The maximum atomic E-state index is 7.34. The van der Waals surface area contributed by atoms with E-state index in [4.69, 9.17) is 28.4 Å². The van der Waals surface area contributed by atoms with E-state index in [2.05, 4.69) is 55.4 Å². The van der Waals surface area contributed by atoms with Gasteiger partial charge in [-0.05, 0) is 101 Å². The Bertz CT molecular complexity index is 1020. The number of rotatable bonds is 0. The second-order valence-electron chi connectivity index (χ2n) is 16.7. The van der Waals surface area contributed by atoms with Crippen LogP contribution in [0.15, 0.2) is 0 Å². The largest absolute Gasteiger partial charge is 0.369 e. The van der Waals surface area contributed by atoms with Crippen LogP contribution in [0.4, 0.5) is 0 Å². The zero-order chi connectivity index (χ0) is 31.0. The maximum Gasteiger partial charge on any atom is 0.132 e. The maximum absolute atomic E-state index is 7.34. The van der Waals surface area contributed by atoms with Crippen molar-refractivity contribution in [1.82, 2.24) is 0 Å². The molecular weight excluding hydrogens is 593 g/mol. The molecular formula is C36H60O6S2. The number of hydrogen-bond donors (Lipinski definition) is 0. The molecule has 8 heteroatoms. The molecule has 0 aromatic rings. The van der Waals surface area contributed by atoms with Crippen molar-refractivity contribution in [3.63, 3.8) is 0 Å². The van der Waals surface area contributed by atoms with Crippen LogP contribution in [-0.2, 0) is 28.4 Å². The fourth-order valence-electron chi connectivity index (χ4n) is 9.75. The van der Waals surface area contributed by atoms with Gasteiger partial charge in [0.2, 0.25) is 0 Å². The van der Waals surface area contributed by atoms with Crippen LogP contribution in [0.1, 0.15) is 107 Å². The Balaban J connectivity index is 1.25. The zero-order valence-corrected chi connectivity index (χ0v) is 30.2. The highest BCUT2D eigenvalue weighted by Gasteiger charge is 2.56. The van der Waals surface area contributed by atoms with E-state index in [9.17, 15) is 0 Å². The summed E-state index contributed by atoms with van der Waals surface area (Å²) >= 11 is 3.92. The van der Waals surface area contributed by atoms with E-state index in [1.807, 2.05) is 23.5 Å².